The van der Waals surface area contributed by atoms with Crippen LogP contribution in [-0.2, 0) is 14.6 Å². The molecule has 3 nitrogen and oxygen atoms in total. The predicted octanol–water partition coefficient (Wildman–Crippen LogP) is 4.86. The van der Waals surface area contributed by atoms with Crippen molar-refractivity contribution in [3.05, 3.63) is 53.7 Å². The standard InChI is InChI=1S/C20H26O3S/c1-3-5-9-15-12-13-19(20-18(15)14-16(4-2)23-20)24(21,22)17-10-7-6-8-11-17/h4,6-8,10-11,15-16,18H,2-3,5,9,12-14H2,1H3/t15-,16+,18+/m1/s1. The van der Waals surface area contributed by atoms with Crippen molar-refractivity contribution in [2.75, 3.05) is 0 Å². The van der Waals surface area contributed by atoms with Crippen LogP contribution in [0.25, 0.3) is 0 Å². The Morgan fingerprint density at radius 3 is 2.71 bits per heavy atom. The molecule has 0 N–H and O–H groups in total. The van der Waals surface area contributed by atoms with E-state index in [2.05, 4.69) is 13.5 Å². The second-order valence-electron chi connectivity index (χ2n) is 6.78. The molecule has 0 radical (unpaired) electrons. The second-order valence-corrected chi connectivity index (χ2v) is 8.75. The molecule has 0 unspecified atom stereocenters. The van der Waals surface area contributed by atoms with E-state index in [9.17, 15) is 8.42 Å². The summed E-state index contributed by atoms with van der Waals surface area (Å²) in [5.41, 5.74) is 0. The van der Waals surface area contributed by atoms with Gasteiger partial charge < -0.3 is 4.74 Å². The van der Waals surface area contributed by atoms with Crippen molar-refractivity contribution < 1.29 is 13.2 Å². The fraction of sp³-hybridized carbons (Fsp3) is 0.500. The minimum atomic E-state index is -3.47. The highest BCUT2D eigenvalue weighted by atomic mass is 32.2. The number of allylic oxidation sites excluding steroid dienone is 2. The third-order valence-corrected chi connectivity index (χ3v) is 7.20. The molecule has 3 rings (SSSR count). The Hall–Kier alpha value is -1.55. The van der Waals surface area contributed by atoms with Gasteiger partial charge in [-0.1, -0.05) is 50.6 Å². The van der Waals surface area contributed by atoms with E-state index in [4.69, 9.17) is 4.74 Å². The van der Waals surface area contributed by atoms with Gasteiger partial charge in [-0.15, -0.1) is 0 Å². The number of rotatable bonds is 6. The van der Waals surface area contributed by atoms with Gasteiger partial charge >= 0.3 is 0 Å². The monoisotopic (exact) mass is 346 g/mol. The van der Waals surface area contributed by atoms with Crippen LogP contribution in [0, 0.1) is 11.8 Å². The smallest absolute Gasteiger partial charge is 0.206 e. The van der Waals surface area contributed by atoms with Gasteiger partial charge in [0.2, 0.25) is 9.84 Å². The Balaban J connectivity index is 1.99. The summed E-state index contributed by atoms with van der Waals surface area (Å²) in [6.07, 6.45) is 7.63. The number of benzene rings is 1. The molecule has 0 spiro atoms. The number of hydrogen-bond donors (Lipinski definition) is 0. The minimum absolute atomic E-state index is 0.0619. The molecule has 3 atom stereocenters. The quantitative estimate of drug-likeness (QED) is 0.691. The molecule has 0 aromatic heterocycles. The largest absolute Gasteiger partial charge is 0.489 e. The number of unbranched alkanes of at least 4 members (excludes halogenated alkanes) is 1. The minimum Gasteiger partial charge on any atom is -0.489 e. The van der Waals surface area contributed by atoms with E-state index in [1.165, 1.54) is 12.8 Å². The van der Waals surface area contributed by atoms with Crippen LogP contribution in [0.2, 0.25) is 0 Å². The first-order valence-electron chi connectivity index (χ1n) is 8.90. The Morgan fingerprint density at radius 1 is 1.29 bits per heavy atom. The SMILES string of the molecule is C=C[C@H]1C[C@@H]2C(=C(S(=O)(=O)c3ccccc3)CC[C@H]2CCCC)O1. The molecule has 0 bridgehead atoms. The summed E-state index contributed by atoms with van der Waals surface area (Å²) in [5, 5.41) is 0. The van der Waals surface area contributed by atoms with E-state index in [0.717, 1.165) is 25.0 Å². The van der Waals surface area contributed by atoms with Gasteiger partial charge in [-0.3, -0.25) is 0 Å². The highest BCUT2D eigenvalue weighted by Crippen LogP contribution is 2.48. The van der Waals surface area contributed by atoms with Crippen molar-refractivity contribution in [3.63, 3.8) is 0 Å². The molecule has 2 aliphatic rings. The van der Waals surface area contributed by atoms with Crippen molar-refractivity contribution >= 4 is 9.84 Å². The average Bonchev–Trinajstić information content (AvgIpc) is 3.04. The fourth-order valence-corrected chi connectivity index (χ4v) is 5.59. The van der Waals surface area contributed by atoms with Gasteiger partial charge in [0.05, 0.1) is 9.80 Å². The molecule has 0 amide bonds. The van der Waals surface area contributed by atoms with Crippen LogP contribution in [0.1, 0.15) is 45.4 Å². The van der Waals surface area contributed by atoms with Gasteiger partial charge in [-0.2, -0.15) is 0 Å². The average molecular weight is 346 g/mol. The van der Waals surface area contributed by atoms with Crippen LogP contribution in [0.3, 0.4) is 0 Å². The Labute approximate surface area is 145 Å². The summed E-state index contributed by atoms with van der Waals surface area (Å²) < 4.78 is 32.2. The van der Waals surface area contributed by atoms with Crippen LogP contribution in [-0.4, -0.2) is 14.5 Å². The molecule has 1 saturated heterocycles. The van der Waals surface area contributed by atoms with Crippen molar-refractivity contribution in [1.82, 2.24) is 0 Å². The van der Waals surface area contributed by atoms with Crippen LogP contribution in [0.15, 0.2) is 58.5 Å². The van der Waals surface area contributed by atoms with E-state index in [1.54, 1.807) is 30.3 Å². The number of sulfone groups is 1. The molecule has 24 heavy (non-hydrogen) atoms. The Bertz CT molecular complexity index is 719. The van der Waals surface area contributed by atoms with E-state index in [-0.39, 0.29) is 12.0 Å². The molecule has 1 aromatic carbocycles. The maximum absolute atomic E-state index is 13.1. The fourth-order valence-electron chi connectivity index (χ4n) is 3.94. The number of fused-ring (bicyclic) bond motifs is 1. The van der Waals surface area contributed by atoms with Crippen LogP contribution >= 0.6 is 0 Å². The van der Waals surface area contributed by atoms with Gasteiger partial charge in [-0.25, -0.2) is 8.42 Å². The van der Waals surface area contributed by atoms with Crippen LogP contribution in [0.4, 0.5) is 0 Å². The summed E-state index contributed by atoms with van der Waals surface area (Å²) in [7, 11) is -3.47. The van der Waals surface area contributed by atoms with Crippen molar-refractivity contribution in [2.45, 2.75) is 56.4 Å². The number of hydrogen-bond acceptors (Lipinski definition) is 3. The Morgan fingerprint density at radius 2 is 2.04 bits per heavy atom. The summed E-state index contributed by atoms with van der Waals surface area (Å²) in [6, 6.07) is 8.71. The summed E-state index contributed by atoms with van der Waals surface area (Å²) in [4.78, 5) is 0.861. The van der Waals surface area contributed by atoms with E-state index in [0.29, 0.717) is 22.1 Å². The highest BCUT2D eigenvalue weighted by molar-refractivity contribution is 7.95. The van der Waals surface area contributed by atoms with Crippen molar-refractivity contribution in [1.29, 1.82) is 0 Å². The molecule has 1 aromatic rings. The summed E-state index contributed by atoms with van der Waals surface area (Å²) >= 11 is 0. The molecule has 0 saturated carbocycles. The molecule has 1 aliphatic heterocycles. The molecule has 1 aliphatic carbocycles. The lowest BCUT2D eigenvalue weighted by atomic mass is 9.78. The zero-order valence-electron chi connectivity index (χ0n) is 14.3. The third kappa shape index (κ3) is 3.16. The highest BCUT2D eigenvalue weighted by Gasteiger charge is 2.43. The normalized spacial score (nSPS) is 26.8. The molecule has 1 fully saturated rings. The maximum atomic E-state index is 13.1. The van der Waals surface area contributed by atoms with Gasteiger partial charge in [0.1, 0.15) is 11.9 Å². The topological polar surface area (TPSA) is 43.4 Å². The molecule has 1 heterocycles. The molecular formula is C20H26O3S. The number of ether oxygens (including phenoxy) is 1. The molecule has 4 heteroatoms. The first-order valence-corrected chi connectivity index (χ1v) is 10.4. The van der Waals surface area contributed by atoms with Gasteiger partial charge in [-0.05, 0) is 43.7 Å². The lowest BCUT2D eigenvalue weighted by Gasteiger charge is -2.29. The lowest BCUT2D eigenvalue weighted by Crippen LogP contribution is -2.23. The zero-order chi connectivity index (χ0) is 17.2. The van der Waals surface area contributed by atoms with Crippen molar-refractivity contribution in [2.24, 2.45) is 11.8 Å². The van der Waals surface area contributed by atoms with Gasteiger partial charge in [0, 0.05) is 5.92 Å². The van der Waals surface area contributed by atoms with Crippen LogP contribution < -0.4 is 0 Å². The second kappa shape index (κ2) is 7.14. The van der Waals surface area contributed by atoms with Crippen molar-refractivity contribution in [3.8, 4) is 0 Å². The molecular weight excluding hydrogens is 320 g/mol. The summed E-state index contributed by atoms with van der Waals surface area (Å²) in [6.45, 7) is 6.03. The first-order chi connectivity index (χ1) is 11.6. The zero-order valence-corrected chi connectivity index (χ0v) is 15.1. The summed E-state index contributed by atoms with van der Waals surface area (Å²) in [5.74, 6) is 1.47. The Kier molecular flexibility index (Phi) is 5.14. The van der Waals surface area contributed by atoms with Crippen LogP contribution in [0.5, 0.6) is 0 Å². The van der Waals surface area contributed by atoms with E-state index in [1.807, 2.05) is 6.07 Å². The third-order valence-electron chi connectivity index (χ3n) is 5.26. The predicted molar refractivity (Wildman–Crippen MR) is 96.1 cm³/mol. The van der Waals surface area contributed by atoms with E-state index < -0.39 is 9.84 Å². The molecule has 130 valence electrons. The lowest BCUT2D eigenvalue weighted by molar-refractivity contribution is 0.189. The maximum Gasteiger partial charge on any atom is 0.206 e. The van der Waals surface area contributed by atoms with Gasteiger partial charge in [0.15, 0.2) is 0 Å². The van der Waals surface area contributed by atoms with E-state index >= 15 is 0 Å². The van der Waals surface area contributed by atoms with Gasteiger partial charge in [0.25, 0.3) is 0 Å². The first kappa shape index (κ1) is 17.3.